The van der Waals surface area contributed by atoms with Crippen LogP contribution in [-0.4, -0.2) is 69.1 Å². The average molecular weight is 468 g/mol. The van der Waals surface area contributed by atoms with Crippen LogP contribution >= 0.6 is 11.6 Å². The van der Waals surface area contributed by atoms with E-state index in [-0.39, 0.29) is 17.9 Å². The number of halogens is 1. The molecule has 0 aliphatic carbocycles. The zero-order valence-corrected chi connectivity index (χ0v) is 20.2. The number of amides is 1. The molecule has 0 unspecified atom stereocenters. The highest BCUT2D eigenvalue weighted by atomic mass is 35.5. The molecule has 2 saturated heterocycles. The van der Waals surface area contributed by atoms with Gasteiger partial charge >= 0.3 is 0 Å². The molecule has 0 spiro atoms. The Hall–Kier alpha value is -2.87. The van der Waals surface area contributed by atoms with Gasteiger partial charge in [0.2, 0.25) is 5.91 Å². The van der Waals surface area contributed by atoms with Crippen molar-refractivity contribution in [3.8, 4) is 5.82 Å². The molecule has 33 heavy (non-hydrogen) atoms. The molecule has 0 bridgehead atoms. The SMILES string of the molecule is CC(C)C(=O)N1CCN(c2ncnc3c2c(N2CCCC2)cn3-c2cc(Cl)ccn2)[C@@H](C)C1. The van der Waals surface area contributed by atoms with Crippen LogP contribution in [0.4, 0.5) is 11.5 Å². The minimum Gasteiger partial charge on any atom is -0.370 e. The first-order valence-electron chi connectivity index (χ1n) is 11.7. The number of nitrogens with zero attached hydrogens (tertiary/aromatic N) is 7. The van der Waals surface area contributed by atoms with E-state index in [2.05, 4.69) is 32.9 Å². The Morgan fingerprint density at radius 2 is 1.91 bits per heavy atom. The average Bonchev–Trinajstić information content (AvgIpc) is 3.46. The molecule has 8 nitrogen and oxygen atoms in total. The monoisotopic (exact) mass is 467 g/mol. The molecule has 3 aromatic heterocycles. The highest BCUT2D eigenvalue weighted by Crippen LogP contribution is 2.38. The molecule has 174 valence electrons. The van der Waals surface area contributed by atoms with Crippen LogP contribution in [0, 0.1) is 5.92 Å². The Bertz CT molecular complexity index is 1170. The summed E-state index contributed by atoms with van der Waals surface area (Å²) in [6.07, 6.45) is 7.82. The predicted octanol–water partition coefficient (Wildman–Crippen LogP) is 3.76. The van der Waals surface area contributed by atoms with Gasteiger partial charge in [0.25, 0.3) is 0 Å². The van der Waals surface area contributed by atoms with Crippen molar-refractivity contribution in [1.29, 1.82) is 0 Å². The quantitative estimate of drug-likeness (QED) is 0.581. The number of anilines is 2. The molecule has 9 heteroatoms. The van der Waals surface area contributed by atoms with Crippen LogP contribution in [0.2, 0.25) is 5.02 Å². The Morgan fingerprint density at radius 1 is 1.12 bits per heavy atom. The maximum absolute atomic E-state index is 12.6. The summed E-state index contributed by atoms with van der Waals surface area (Å²) in [4.78, 5) is 33.3. The van der Waals surface area contributed by atoms with E-state index < -0.39 is 0 Å². The van der Waals surface area contributed by atoms with Gasteiger partial charge in [-0.25, -0.2) is 15.0 Å². The number of carbonyl (C=O) groups is 1. The zero-order valence-electron chi connectivity index (χ0n) is 19.4. The van der Waals surface area contributed by atoms with E-state index in [4.69, 9.17) is 16.6 Å². The van der Waals surface area contributed by atoms with Crippen molar-refractivity contribution >= 4 is 40.0 Å². The summed E-state index contributed by atoms with van der Waals surface area (Å²) in [6, 6.07) is 3.78. The Morgan fingerprint density at radius 3 is 2.61 bits per heavy atom. The fourth-order valence-corrected chi connectivity index (χ4v) is 5.13. The number of carbonyl (C=O) groups excluding carboxylic acids is 1. The van der Waals surface area contributed by atoms with E-state index in [9.17, 15) is 4.79 Å². The molecule has 0 saturated carbocycles. The number of pyridine rings is 1. The van der Waals surface area contributed by atoms with Gasteiger partial charge in [-0.1, -0.05) is 25.4 Å². The summed E-state index contributed by atoms with van der Waals surface area (Å²) >= 11 is 6.28. The van der Waals surface area contributed by atoms with Gasteiger partial charge in [0.05, 0.1) is 11.1 Å². The second-order valence-electron chi connectivity index (χ2n) is 9.29. The van der Waals surface area contributed by atoms with Crippen LogP contribution < -0.4 is 9.80 Å². The molecule has 1 atom stereocenters. The van der Waals surface area contributed by atoms with Crippen molar-refractivity contribution in [2.45, 2.75) is 39.7 Å². The molecule has 0 aromatic carbocycles. The van der Waals surface area contributed by atoms with Gasteiger partial charge in [-0.05, 0) is 25.8 Å². The van der Waals surface area contributed by atoms with E-state index in [1.54, 1.807) is 18.6 Å². The van der Waals surface area contributed by atoms with Crippen molar-refractivity contribution in [1.82, 2.24) is 24.4 Å². The first-order chi connectivity index (χ1) is 15.9. The summed E-state index contributed by atoms with van der Waals surface area (Å²) in [5.41, 5.74) is 1.96. The van der Waals surface area contributed by atoms with Crippen molar-refractivity contribution in [3.63, 3.8) is 0 Å². The Kier molecular flexibility index (Phi) is 5.86. The molecule has 2 aliphatic heterocycles. The van der Waals surface area contributed by atoms with E-state index in [0.717, 1.165) is 48.0 Å². The normalized spacial score (nSPS) is 19.2. The zero-order chi connectivity index (χ0) is 23.1. The fourth-order valence-electron chi connectivity index (χ4n) is 4.98. The second-order valence-corrected chi connectivity index (χ2v) is 9.72. The van der Waals surface area contributed by atoms with Crippen molar-refractivity contribution < 1.29 is 4.79 Å². The van der Waals surface area contributed by atoms with E-state index in [1.807, 2.05) is 29.4 Å². The molecule has 2 aliphatic rings. The van der Waals surface area contributed by atoms with Gasteiger partial charge in [0.15, 0.2) is 5.65 Å². The van der Waals surface area contributed by atoms with Crippen LogP contribution in [0.5, 0.6) is 0 Å². The first kappa shape index (κ1) is 21.9. The maximum atomic E-state index is 12.6. The van der Waals surface area contributed by atoms with Gasteiger partial charge in [0, 0.05) is 68.2 Å². The number of hydrogen-bond donors (Lipinski definition) is 0. The molecular weight excluding hydrogens is 438 g/mol. The van der Waals surface area contributed by atoms with Crippen LogP contribution in [0.1, 0.15) is 33.6 Å². The molecule has 5 heterocycles. The summed E-state index contributed by atoms with van der Waals surface area (Å²) in [7, 11) is 0. The third kappa shape index (κ3) is 4.01. The highest BCUT2D eigenvalue weighted by Gasteiger charge is 2.32. The van der Waals surface area contributed by atoms with Crippen LogP contribution in [0.15, 0.2) is 30.9 Å². The van der Waals surface area contributed by atoms with Crippen molar-refractivity contribution in [2.24, 2.45) is 5.92 Å². The first-order valence-corrected chi connectivity index (χ1v) is 12.1. The largest absolute Gasteiger partial charge is 0.370 e. The van der Waals surface area contributed by atoms with E-state index >= 15 is 0 Å². The number of hydrogen-bond acceptors (Lipinski definition) is 6. The topological polar surface area (TPSA) is 70.4 Å². The number of fused-ring (bicyclic) bond motifs is 1. The third-order valence-corrected chi connectivity index (χ3v) is 6.88. The molecule has 1 amide bonds. The number of piperazine rings is 1. The number of aromatic nitrogens is 4. The minimum absolute atomic E-state index is 0.00973. The summed E-state index contributed by atoms with van der Waals surface area (Å²) in [6.45, 7) is 10.3. The van der Waals surface area contributed by atoms with Crippen LogP contribution in [0.3, 0.4) is 0 Å². The van der Waals surface area contributed by atoms with E-state index in [1.165, 1.54) is 12.8 Å². The lowest BCUT2D eigenvalue weighted by atomic mass is 10.1. The fraction of sp³-hybridized carbons (Fsp3) is 0.500. The van der Waals surface area contributed by atoms with Crippen LogP contribution in [0.25, 0.3) is 16.9 Å². The van der Waals surface area contributed by atoms with Gasteiger partial charge in [0.1, 0.15) is 18.0 Å². The van der Waals surface area contributed by atoms with E-state index in [0.29, 0.717) is 18.1 Å². The van der Waals surface area contributed by atoms with Crippen LogP contribution in [-0.2, 0) is 4.79 Å². The Labute approximate surface area is 199 Å². The standard InChI is InChI=1S/C24H30ClN7O/c1-16(2)24(33)30-10-11-31(17(3)13-30)22-21-19(29-8-4-5-9-29)14-32(23(21)28-15-27-22)20-12-18(25)6-7-26-20/h6-7,12,14-17H,4-5,8-11,13H2,1-3H3/t17-/m0/s1. The smallest absolute Gasteiger partial charge is 0.225 e. The van der Waals surface area contributed by atoms with Crippen molar-refractivity contribution in [3.05, 3.63) is 35.9 Å². The van der Waals surface area contributed by atoms with Crippen molar-refractivity contribution in [2.75, 3.05) is 42.5 Å². The lowest BCUT2D eigenvalue weighted by Gasteiger charge is -2.41. The summed E-state index contributed by atoms with van der Waals surface area (Å²) in [5, 5.41) is 1.68. The lowest BCUT2D eigenvalue weighted by molar-refractivity contribution is -0.135. The summed E-state index contributed by atoms with van der Waals surface area (Å²) in [5.74, 6) is 1.88. The van der Waals surface area contributed by atoms with Gasteiger partial charge in [-0.3, -0.25) is 9.36 Å². The molecule has 5 rings (SSSR count). The summed E-state index contributed by atoms with van der Waals surface area (Å²) < 4.78 is 2.02. The van der Waals surface area contributed by atoms with Gasteiger partial charge < -0.3 is 14.7 Å². The van der Waals surface area contributed by atoms with Gasteiger partial charge in [-0.15, -0.1) is 0 Å². The second kappa shape index (κ2) is 8.82. The molecule has 2 fully saturated rings. The number of rotatable bonds is 4. The molecule has 3 aromatic rings. The van der Waals surface area contributed by atoms with Gasteiger partial charge in [-0.2, -0.15) is 0 Å². The Balaban J connectivity index is 1.59. The molecular formula is C24H30ClN7O. The third-order valence-electron chi connectivity index (χ3n) is 6.65. The molecule has 0 N–H and O–H groups in total. The minimum atomic E-state index is 0.00973. The predicted molar refractivity (Wildman–Crippen MR) is 131 cm³/mol. The molecule has 0 radical (unpaired) electrons. The lowest BCUT2D eigenvalue weighted by Crippen LogP contribution is -2.54. The highest BCUT2D eigenvalue weighted by molar-refractivity contribution is 6.30. The maximum Gasteiger partial charge on any atom is 0.225 e.